The van der Waals surface area contributed by atoms with Gasteiger partial charge in [0, 0.05) is 10.7 Å². The minimum Gasteiger partial charge on any atom is -0.320 e. The lowest BCUT2D eigenvalue weighted by Gasteiger charge is -2.07. The van der Waals surface area contributed by atoms with Crippen molar-refractivity contribution in [3.05, 3.63) is 63.2 Å². The van der Waals surface area contributed by atoms with Gasteiger partial charge in [0.2, 0.25) is 0 Å². The number of carbonyl (C=O) groups is 1. The number of aryl methyl sites for hydroxylation is 2. The number of amides is 1. The second kappa shape index (κ2) is 6.60. The molecule has 0 fully saturated rings. The molecule has 116 valence electrons. The number of pyridine rings is 1. The SMILES string of the molecule is Cc1ccc(NC(=O)c2sc(-c3ccccn3)nc2C)c(Br)c1. The number of hydrogen-bond donors (Lipinski definition) is 1. The molecule has 23 heavy (non-hydrogen) atoms. The summed E-state index contributed by atoms with van der Waals surface area (Å²) in [5.41, 5.74) is 3.35. The predicted octanol–water partition coefficient (Wildman–Crippen LogP) is 4.84. The zero-order valence-corrected chi connectivity index (χ0v) is 15.0. The molecule has 0 bridgehead atoms. The normalized spacial score (nSPS) is 10.6. The molecule has 0 aliphatic rings. The quantitative estimate of drug-likeness (QED) is 0.699. The first-order valence-electron chi connectivity index (χ1n) is 7.01. The van der Waals surface area contributed by atoms with E-state index >= 15 is 0 Å². The number of rotatable bonds is 3. The number of aromatic nitrogens is 2. The summed E-state index contributed by atoms with van der Waals surface area (Å²) in [6.45, 7) is 3.84. The maximum Gasteiger partial charge on any atom is 0.267 e. The largest absolute Gasteiger partial charge is 0.320 e. The van der Waals surface area contributed by atoms with Crippen molar-refractivity contribution >= 4 is 38.9 Å². The lowest BCUT2D eigenvalue weighted by atomic mass is 10.2. The van der Waals surface area contributed by atoms with Gasteiger partial charge in [0.1, 0.15) is 9.88 Å². The van der Waals surface area contributed by atoms with Gasteiger partial charge in [0.25, 0.3) is 5.91 Å². The molecule has 0 aliphatic heterocycles. The van der Waals surface area contributed by atoms with E-state index in [9.17, 15) is 4.79 Å². The Morgan fingerprint density at radius 3 is 2.74 bits per heavy atom. The molecular formula is C17H14BrN3OS. The molecule has 0 unspecified atom stereocenters. The molecule has 2 aromatic heterocycles. The molecule has 3 aromatic rings. The molecule has 0 saturated carbocycles. The van der Waals surface area contributed by atoms with E-state index in [4.69, 9.17) is 0 Å². The van der Waals surface area contributed by atoms with Crippen LogP contribution in [0.15, 0.2) is 47.1 Å². The summed E-state index contributed by atoms with van der Waals surface area (Å²) in [6.07, 6.45) is 1.72. The maximum absolute atomic E-state index is 12.5. The van der Waals surface area contributed by atoms with Gasteiger partial charge in [-0.3, -0.25) is 9.78 Å². The maximum atomic E-state index is 12.5. The summed E-state index contributed by atoms with van der Waals surface area (Å²) in [5, 5.41) is 3.67. The van der Waals surface area contributed by atoms with Crippen molar-refractivity contribution in [2.45, 2.75) is 13.8 Å². The summed E-state index contributed by atoms with van der Waals surface area (Å²) in [7, 11) is 0. The average Bonchev–Trinajstić information content (AvgIpc) is 2.93. The van der Waals surface area contributed by atoms with Crippen LogP contribution in [0.5, 0.6) is 0 Å². The van der Waals surface area contributed by atoms with Gasteiger partial charge < -0.3 is 5.32 Å². The monoisotopic (exact) mass is 387 g/mol. The smallest absolute Gasteiger partial charge is 0.267 e. The summed E-state index contributed by atoms with van der Waals surface area (Å²) in [6, 6.07) is 11.5. The van der Waals surface area contributed by atoms with Crippen LogP contribution >= 0.6 is 27.3 Å². The van der Waals surface area contributed by atoms with Crippen LogP contribution in [0, 0.1) is 13.8 Å². The fourth-order valence-corrected chi connectivity index (χ4v) is 3.64. The predicted molar refractivity (Wildman–Crippen MR) is 96.9 cm³/mol. The van der Waals surface area contributed by atoms with E-state index in [-0.39, 0.29) is 5.91 Å². The lowest BCUT2D eigenvalue weighted by molar-refractivity contribution is 0.102. The Hall–Kier alpha value is -2.05. The first-order valence-corrected chi connectivity index (χ1v) is 8.62. The highest BCUT2D eigenvalue weighted by Gasteiger charge is 2.17. The third kappa shape index (κ3) is 3.48. The zero-order chi connectivity index (χ0) is 16.4. The number of hydrogen-bond acceptors (Lipinski definition) is 4. The number of halogens is 1. The third-order valence-corrected chi connectivity index (χ3v) is 5.09. The van der Waals surface area contributed by atoms with Gasteiger partial charge in [-0.15, -0.1) is 11.3 Å². The first kappa shape index (κ1) is 15.8. The molecule has 4 nitrogen and oxygen atoms in total. The minimum atomic E-state index is -0.160. The van der Waals surface area contributed by atoms with Crippen molar-refractivity contribution < 1.29 is 4.79 Å². The van der Waals surface area contributed by atoms with Crippen LogP contribution in [0.1, 0.15) is 20.9 Å². The zero-order valence-electron chi connectivity index (χ0n) is 12.6. The van der Waals surface area contributed by atoms with Crippen LogP contribution in [-0.2, 0) is 0 Å². The third-order valence-electron chi connectivity index (χ3n) is 3.26. The number of nitrogens with zero attached hydrogens (tertiary/aromatic N) is 2. The molecule has 3 rings (SSSR count). The van der Waals surface area contributed by atoms with Crippen molar-refractivity contribution in [1.82, 2.24) is 9.97 Å². The first-order chi connectivity index (χ1) is 11.0. The molecule has 0 aliphatic carbocycles. The van der Waals surface area contributed by atoms with Crippen LogP contribution in [0.3, 0.4) is 0 Å². The van der Waals surface area contributed by atoms with Crippen molar-refractivity contribution in [1.29, 1.82) is 0 Å². The summed E-state index contributed by atoms with van der Waals surface area (Å²) in [4.78, 5) is 21.9. The molecule has 0 atom stereocenters. The van der Waals surface area contributed by atoms with Gasteiger partial charge in [-0.1, -0.05) is 12.1 Å². The number of benzene rings is 1. The summed E-state index contributed by atoms with van der Waals surface area (Å²) < 4.78 is 0.859. The Balaban J connectivity index is 1.87. The Labute approximate surface area is 146 Å². The van der Waals surface area contributed by atoms with Crippen molar-refractivity contribution in [2.24, 2.45) is 0 Å². The van der Waals surface area contributed by atoms with Gasteiger partial charge in [-0.25, -0.2) is 4.98 Å². The fourth-order valence-electron chi connectivity index (χ4n) is 2.11. The van der Waals surface area contributed by atoms with Crippen LogP contribution in [0.25, 0.3) is 10.7 Å². The topological polar surface area (TPSA) is 54.9 Å². The van der Waals surface area contributed by atoms with Crippen LogP contribution in [0.2, 0.25) is 0 Å². The van der Waals surface area contributed by atoms with E-state index in [1.807, 2.05) is 50.2 Å². The molecule has 0 spiro atoms. The average molecular weight is 388 g/mol. The minimum absolute atomic E-state index is 0.160. The highest BCUT2D eigenvalue weighted by molar-refractivity contribution is 9.10. The van der Waals surface area contributed by atoms with E-state index in [1.165, 1.54) is 11.3 Å². The molecule has 0 radical (unpaired) electrons. The van der Waals surface area contributed by atoms with E-state index in [2.05, 4.69) is 31.2 Å². The Bertz CT molecular complexity index is 862. The van der Waals surface area contributed by atoms with Crippen molar-refractivity contribution in [2.75, 3.05) is 5.32 Å². The highest BCUT2D eigenvalue weighted by atomic mass is 79.9. The lowest BCUT2D eigenvalue weighted by Crippen LogP contribution is -2.12. The van der Waals surface area contributed by atoms with Gasteiger partial charge in [-0.2, -0.15) is 0 Å². The van der Waals surface area contributed by atoms with Gasteiger partial charge in [0.05, 0.1) is 17.1 Å². The standard InChI is InChI=1S/C17H14BrN3OS/c1-10-6-7-13(12(18)9-10)21-16(22)15-11(2)20-17(23-15)14-5-3-4-8-19-14/h3-9H,1-2H3,(H,21,22). The van der Waals surface area contributed by atoms with Crippen molar-refractivity contribution in [3.63, 3.8) is 0 Å². The summed E-state index contributed by atoms with van der Waals surface area (Å²) >= 11 is 4.82. The highest BCUT2D eigenvalue weighted by Crippen LogP contribution is 2.29. The van der Waals surface area contributed by atoms with Gasteiger partial charge >= 0.3 is 0 Å². The molecule has 1 N–H and O–H groups in total. The molecule has 6 heteroatoms. The summed E-state index contributed by atoms with van der Waals surface area (Å²) in [5.74, 6) is -0.160. The molecule has 2 heterocycles. The van der Waals surface area contributed by atoms with Gasteiger partial charge in [0.15, 0.2) is 0 Å². The molecular weight excluding hydrogens is 374 g/mol. The van der Waals surface area contributed by atoms with Crippen LogP contribution in [0.4, 0.5) is 5.69 Å². The van der Waals surface area contributed by atoms with E-state index in [0.717, 1.165) is 26.4 Å². The molecule has 0 saturated heterocycles. The van der Waals surface area contributed by atoms with E-state index < -0.39 is 0 Å². The van der Waals surface area contributed by atoms with Crippen LogP contribution in [-0.4, -0.2) is 15.9 Å². The Morgan fingerprint density at radius 2 is 2.04 bits per heavy atom. The molecule has 1 amide bonds. The Kier molecular flexibility index (Phi) is 4.54. The second-order valence-corrected chi connectivity index (χ2v) is 6.94. The molecule has 1 aromatic carbocycles. The second-order valence-electron chi connectivity index (χ2n) is 5.09. The van der Waals surface area contributed by atoms with Crippen LogP contribution < -0.4 is 5.32 Å². The number of nitrogens with one attached hydrogen (secondary N) is 1. The van der Waals surface area contributed by atoms with Gasteiger partial charge in [-0.05, 0) is 59.6 Å². The number of thiazole rings is 1. The number of carbonyl (C=O) groups excluding carboxylic acids is 1. The van der Waals surface area contributed by atoms with Crippen molar-refractivity contribution in [3.8, 4) is 10.7 Å². The van der Waals surface area contributed by atoms with E-state index in [0.29, 0.717) is 10.6 Å². The number of anilines is 1. The Morgan fingerprint density at radius 1 is 1.22 bits per heavy atom. The fraction of sp³-hybridized carbons (Fsp3) is 0.118. The van der Waals surface area contributed by atoms with E-state index in [1.54, 1.807) is 6.20 Å².